The molecule has 3 unspecified atom stereocenters. The number of nitriles is 3. The van der Waals surface area contributed by atoms with Gasteiger partial charge in [0.25, 0.3) is 0 Å². The minimum Gasteiger partial charge on any atom is -0.333 e. The number of hydrogen-bond acceptors (Lipinski definition) is 4. The highest BCUT2D eigenvalue weighted by Gasteiger charge is 2.38. The van der Waals surface area contributed by atoms with Crippen molar-refractivity contribution < 1.29 is 0 Å². The zero-order valence-corrected chi connectivity index (χ0v) is 27.0. The lowest BCUT2D eigenvalue weighted by Crippen LogP contribution is -2.29. The summed E-state index contributed by atoms with van der Waals surface area (Å²) in [7, 11) is 0. The SMILES string of the molecule is N#Cc1ccc(N2c3ccccc3C3C=CC=CC32)c(-c2ccc(C#N)cc2C2C=CC(n3c4ccccc4c4cc(C#N)ccc43)=CC2)c1. The summed E-state index contributed by atoms with van der Waals surface area (Å²) in [6.07, 6.45) is 16.2. The predicted molar refractivity (Wildman–Crippen MR) is 200 cm³/mol. The van der Waals surface area contributed by atoms with Gasteiger partial charge in [-0.25, -0.2) is 0 Å². The van der Waals surface area contributed by atoms with Gasteiger partial charge in [0.15, 0.2) is 0 Å². The summed E-state index contributed by atoms with van der Waals surface area (Å²) in [6.45, 7) is 0. The van der Waals surface area contributed by atoms with Gasteiger partial charge in [-0.15, -0.1) is 0 Å². The third-order valence-corrected chi connectivity index (χ3v) is 10.4. The van der Waals surface area contributed by atoms with Crippen molar-refractivity contribution in [2.75, 3.05) is 4.90 Å². The molecule has 0 fully saturated rings. The second-order valence-electron chi connectivity index (χ2n) is 13.0. The monoisotopic (exact) mass is 639 g/mol. The number of nitrogens with zero attached hydrogens (tertiary/aromatic N) is 5. The van der Waals surface area contributed by atoms with Crippen LogP contribution in [0.1, 0.15) is 46.1 Å². The van der Waals surface area contributed by atoms with Crippen molar-refractivity contribution in [3.63, 3.8) is 0 Å². The van der Waals surface area contributed by atoms with Crippen molar-refractivity contribution in [1.29, 1.82) is 15.8 Å². The molecule has 0 saturated heterocycles. The standard InChI is InChI=1S/C45H29N5/c46-26-29-13-20-34(39-24-30(27-47)15-22-45(39)50-42-11-5-1-7-35(42)36-8-2-6-12-43(36)50)38(23-29)32-16-18-33(19-17-32)49-41-10-4-3-9-37(41)40-25-31(28-48)14-21-44(40)49/h1-16,18-25,32,35,42H,17H2. The van der Waals surface area contributed by atoms with Crippen molar-refractivity contribution in [3.8, 4) is 29.3 Å². The molecule has 0 amide bonds. The average molecular weight is 640 g/mol. The van der Waals surface area contributed by atoms with E-state index in [0.29, 0.717) is 16.7 Å². The summed E-state index contributed by atoms with van der Waals surface area (Å²) in [5.74, 6) is 0.243. The van der Waals surface area contributed by atoms with Crippen LogP contribution < -0.4 is 4.90 Å². The molecule has 5 heteroatoms. The van der Waals surface area contributed by atoms with Crippen LogP contribution in [0.5, 0.6) is 0 Å². The van der Waals surface area contributed by atoms with Crippen molar-refractivity contribution in [3.05, 3.63) is 173 Å². The lowest BCUT2D eigenvalue weighted by Gasteiger charge is -2.31. The molecule has 3 atom stereocenters. The topological polar surface area (TPSA) is 79.5 Å². The maximum absolute atomic E-state index is 10.0. The van der Waals surface area contributed by atoms with Gasteiger partial charge in [-0.2, -0.15) is 15.8 Å². The number of aromatic nitrogens is 1. The molecule has 2 heterocycles. The zero-order valence-electron chi connectivity index (χ0n) is 27.0. The average Bonchev–Trinajstić information content (AvgIpc) is 3.70. The number of rotatable bonds is 4. The van der Waals surface area contributed by atoms with Crippen molar-refractivity contribution in [2.24, 2.45) is 0 Å². The quantitative estimate of drug-likeness (QED) is 0.192. The molecule has 9 rings (SSSR count). The molecule has 5 aromatic carbocycles. The first-order valence-corrected chi connectivity index (χ1v) is 16.8. The molecule has 1 aliphatic heterocycles. The third kappa shape index (κ3) is 4.51. The first kappa shape index (κ1) is 29.3. The molecule has 1 aromatic heterocycles. The molecule has 0 saturated carbocycles. The highest BCUT2D eigenvalue weighted by atomic mass is 15.2. The summed E-state index contributed by atoms with van der Waals surface area (Å²) >= 11 is 0. The Morgan fingerprint density at radius 3 is 2.14 bits per heavy atom. The van der Waals surface area contributed by atoms with Crippen LogP contribution in [0, 0.1) is 34.0 Å². The fraction of sp³-hybridized carbons (Fsp3) is 0.0889. The maximum Gasteiger partial charge on any atom is 0.0991 e. The Kier molecular flexibility index (Phi) is 6.84. The number of fused-ring (bicyclic) bond motifs is 6. The van der Waals surface area contributed by atoms with Crippen LogP contribution in [-0.4, -0.2) is 10.6 Å². The van der Waals surface area contributed by atoms with E-state index in [1.54, 1.807) is 0 Å². The normalized spacial score (nSPS) is 18.7. The number of allylic oxidation sites excluding steroid dienone is 6. The maximum atomic E-state index is 10.0. The minimum atomic E-state index is 0.00930. The first-order chi connectivity index (χ1) is 24.7. The number of benzene rings is 5. The molecule has 5 nitrogen and oxygen atoms in total. The van der Waals surface area contributed by atoms with E-state index in [2.05, 4.69) is 119 Å². The molecule has 0 radical (unpaired) electrons. The molecule has 50 heavy (non-hydrogen) atoms. The first-order valence-electron chi connectivity index (χ1n) is 16.8. The summed E-state index contributed by atoms with van der Waals surface area (Å²) in [5.41, 5.74) is 11.6. The van der Waals surface area contributed by atoms with Crippen LogP contribution in [0.4, 0.5) is 11.4 Å². The van der Waals surface area contributed by atoms with Gasteiger partial charge < -0.3 is 9.47 Å². The van der Waals surface area contributed by atoms with Gasteiger partial charge in [0.05, 0.1) is 52.0 Å². The van der Waals surface area contributed by atoms with E-state index in [9.17, 15) is 15.8 Å². The highest BCUT2D eigenvalue weighted by molar-refractivity contribution is 6.10. The Morgan fingerprint density at radius 2 is 1.30 bits per heavy atom. The smallest absolute Gasteiger partial charge is 0.0991 e. The van der Waals surface area contributed by atoms with Gasteiger partial charge in [-0.05, 0) is 89.9 Å². The van der Waals surface area contributed by atoms with Crippen molar-refractivity contribution in [1.82, 2.24) is 4.57 Å². The second kappa shape index (κ2) is 11.7. The Bertz CT molecular complexity index is 2650. The lowest BCUT2D eigenvalue weighted by atomic mass is 9.84. The largest absolute Gasteiger partial charge is 0.333 e. The molecular formula is C45H29N5. The summed E-state index contributed by atoms with van der Waals surface area (Å²) in [6, 6.07) is 41.8. The van der Waals surface area contributed by atoms with E-state index in [1.807, 2.05) is 54.6 Å². The fourth-order valence-electron chi connectivity index (χ4n) is 8.11. The lowest BCUT2D eigenvalue weighted by molar-refractivity contribution is 0.745. The van der Waals surface area contributed by atoms with E-state index in [1.165, 1.54) is 5.56 Å². The van der Waals surface area contributed by atoms with Gasteiger partial charge in [0, 0.05) is 45.2 Å². The molecule has 234 valence electrons. The van der Waals surface area contributed by atoms with Crippen molar-refractivity contribution in [2.45, 2.75) is 24.3 Å². The van der Waals surface area contributed by atoms with Gasteiger partial charge in [-0.1, -0.05) is 78.9 Å². The van der Waals surface area contributed by atoms with E-state index >= 15 is 0 Å². The highest BCUT2D eigenvalue weighted by Crippen LogP contribution is 2.51. The minimum absolute atomic E-state index is 0.00930. The van der Waals surface area contributed by atoms with E-state index in [4.69, 9.17) is 0 Å². The van der Waals surface area contributed by atoms with E-state index < -0.39 is 0 Å². The van der Waals surface area contributed by atoms with Crippen LogP contribution in [0.15, 0.2) is 146 Å². The molecule has 6 aromatic rings. The van der Waals surface area contributed by atoms with Crippen LogP contribution >= 0.6 is 0 Å². The second-order valence-corrected chi connectivity index (χ2v) is 13.0. The number of hydrogen-bond donors (Lipinski definition) is 0. The summed E-state index contributed by atoms with van der Waals surface area (Å²) in [5, 5.41) is 31.8. The van der Waals surface area contributed by atoms with Crippen LogP contribution in [0.2, 0.25) is 0 Å². The van der Waals surface area contributed by atoms with Gasteiger partial charge >= 0.3 is 0 Å². The van der Waals surface area contributed by atoms with Crippen LogP contribution in [0.3, 0.4) is 0 Å². The molecule has 0 N–H and O–H groups in total. The molecule has 3 aliphatic rings. The van der Waals surface area contributed by atoms with Crippen LogP contribution in [0.25, 0.3) is 38.6 Å². The fourth-order valence-corrected chi connectivity index (χ4v) is 8.11. The molecule has 0 spiro atoms. The van der Waals surface area contributed by atoms with Gasteiger partial charge in [-0.3, -0.25) is 0 Å². The molecule has 2 aliphatic carbocycles. The Morgan fingerprint density at radius 1 is 0.580 bits per heavy atom. The third-order valence-electron chi connectivity index (χ3n) is 10.4. The van der Waals surface area contributed by atoms with Crippen molar-refractivity contribution >= 4 is 38.9 Å². The Labute approximate surface area is 290 Å². The summed E-state index contributed by atoms with van der Waals surface area (Å²) in [4.78, 5) is 2.41. The predicted octanol–water partition coefficient (Wildman–Crippen LogP) is 10.4. The van der Waals surface area contributed by atoms with Crippen LogP contribution in [-0.2, 0) is 0 Å². The zero-order chi connectivity index (χ0) is 33.8. The number of anilines is 2. The number of para-hydroxylation sites is 2. The summed E-state index contributed by atoms with van der Waals surface area (Å²) < 4.78 is 2.27. The molecule has 0 bridgehead atoms. The van der Waals surface area contributed by atoms with Gasteiger partial charge in [0.1, 0.15) is 0 Å². The Balaban J connectivity index is 1.16. The Hall–Kier alpha value is -6.87. The molecular weight excluding hydrogens is 611 g/mol. The van der Waals surface area contributed by atoms with E-state index in [-0.39, 0.29) is 17.9 Å². The van der Waals surface area contributed by atoms with E-state index in [0.717, 1.165) is 62.0 Å². The van der Waals surface area contributed by atoms with Gasteiger partial charge in [0.2, 0.25) is 0 Å².